The van der Waals surface area contributed by atoms with Gasteiger partial charge in [-0.3, -0.25) is 9.69 Å². The van der Waals surface area contributed by atoms with E-state index in [4.69, 9.17) is 0 Å². The molecular formula is C18H21FN4OS. The van der Waals surface area contributed by atoms with Crippen molar-refractivity contribution in [3.05, 3.63) is 62.8 Å². The fraction of sp³-hybridized carbons (Fsp3) is 0.389. The second-order valence-corrected chi connectivity index (χ2v) is 8.21. The Hall–Kier alpha value is -2.12. The van der Waals surface area contributed by atoms with Crippen LogP contribution in [0.5, 0.6) is 0 Å². The molecule has 25 heavy (non-hydrogen) atoms. The van der Waals surface area contributed by atoms with Gasteiger partial charge in [0.1, 0.15) is 10.8 Å². The van der Waals surface area contributed by atoms with Gasteiger partial charge >= 0.3 is 0 Å². The van der Waals surface area contributed by atoms with Gasteiger partial charge in [-0.2, -0.15) is 9.61 Å². The third-order valence-electron chi connectivity index (χ3n) is 3.99. The van der Waals surface area contributed by atoms with Crippen LogP contribution in [0.4, 0.5) is 4.39 Å². The van der Waals surface area contributed by atoms with Crippen molar-refractivity contribution in [3.8, 4) is 0 Å². The first-order valence-electron chi connectivity index (χ1n) is 8.08. The lowest BCUT2D eigenvalue weighted by atomic mass is 10.0. The van der Waals surface area contributed by atoms with E-state index in [9.17, 15) is 9.18 Å². The van der Waals surface area contributed by atoms with E-state index < -0.39 is 0 Å². The van der Waals surface area contributed by atoms with E-state index >= 15 is 0 Å². The molecular weight excluding hydrogens is 339 g/mol. The number of aryl methyl sites for hydroxylation is 1. The minimum absolute atomic E-state index is 0.134. The number of hydrogen-bond donors (Lipinski definition) is 0. The second kappa shape index (κ2) is 6.65. The third kappa shape index (κ3) is 4.11. The molecule has 0 aliphatic heterocycles. The largest absolute Gasteiger partial charge is 0.288 e. The number of hydrogen-bond acceptors (Lipinski definition) is 5. The first-order valence-corrected chi connectivity index (χ1v) is 8.90. The van der Waals surface area contributed by atoms with Gasteiger partial charge in [0, 0.05) is 24.7 Å². The van der Waals surface area contributed by atoms with E-state index in [1.807, 2.05) is 6.92 Å². The Kier molecular flexibility index (Phi) is 4.71. The van der Waals surface area contributed by atoms with Gasteiger partial charge < -0.3 is 0 Å². The van der Waals surface area contributed by atoms with Gasteiger partial charge in [0.2, 0.25) is 4.96 Å². The summed E-state index contributed by atoms with van der Waals surface area (Å²) in [5.41, 5.74) is 1.43. The monoisotopic (exact) mass is 360 g/mol. The van der Waals surface area contributed by atoms with E-state index in [2.05, 4.69) is 35.8 Å². The Labute approximate surface area is 149 Å². The summed E-state index contributed by atoms with van der Waals surface area (Å²) < 4.78 is 14.5. The highest BCUT2D eigenvalue weighted by Crippen LogP contribution is 2.20. The minimum atomic E-state index is -0.244. The lowest BCUT2D eigenvalue weighted by Crippen LogP contribution is -2.40. The van der Waals surface area contributed by atoms with Crippen LogP contribution in [-0.2, 0) is 13.1 Å². The summed E-state index contributed by atoms with van der Waals surface area (Å²) in [6.45, 7) is 9.36. The zero-order valence-electron chi connectivity index (χ0n) is 14.8. The molecule has 2 heterocycles. The van der Waals surface area contributed by atoms with Crippen molar-refractivity contribution in [2.45, 2.75) is 46.3 Å². The van der Waals surface area contributed by atoms with E-state index in [-0.39, 0.29) is 16.9 Å². The second-order valence-electron chi connectivity index (χ2n) is 7.05. The highest BCUT2D eigenvalue weighted by atomic mass is 32.1. The van der Waals surface area contributed by atoms with Gasteiger partial charge in [-0.15, -0.1) is 0 Å². The van der Waals surface area contributed by atoms with Gasteiger partial charge in [-0.1, -0.05) is 23.5 Å². The lowest BCUT2D eigenvalue weighted by molar-refractivity contribution is 0.117. The van der Waals surface area contributed by atoms with Crippen molar-refractivity contribution in [1.29, 1.82) is 0 Å². The molecule has 0 saturated heterocycles. The van der Waals surface area contributed by atoms with Crippen molar-refractivity contribution in [2.75, 3.05) is 0 Å². The highest BCUT2D eigenvalue weighted by Gasteiger charge is 2.23. The maximum Gasteiger partial charge on any atom is 0.275 e. The molecule has 7 heteroatoms. The standard InChI is InChI=1S/C18H21FN4OS/c1-12-21-23-16(24)9-15(20-17(23)25-12)11-22(18(2,3)4)10-13-5-7-14(19)8-6-13/h5-9H,10-11H2,1-4H3. The van der Waals surface area contributed by atoms with Gasteiger partial charge in [-0.05, 0) is 45.4 Å². The number of nitrogens with zero attached hydrogens (tertiary/aromatic N) is 4. The van der Waals surface area contributed by atoms with Crippen molar-refractivity contribution < 1.29 is 4.39 Å². The molecule has 1 aromatic carbocycles. The fourth-order valence-corrected chi connectivity index (χ4v) is 3.34. The van der Waals surface area contributed by atoms with Crippen LogP contribution < -0.4 is 5.56 Å². The molecule has 0 unspecified atom stereocenters. The minimum Gasteiger partial charge on any atom is -0.288 e. The normalized spacial score (nSPS) is 12.2. The van der Waals surface area contributed by atoms with Crippen LogP contribution in [0.1, 0.15) is 37.0 Å². The van der Waals surface area contributed by atoms with Crippen molar-refractivity contribution in [1.82, 2.24) is 19.5 Å². The molecule has 0 aliphatic rings. The summed E-state index contributed by atoms with van der Waals surface area (Å²) >= 11 is 1.40. The SMILES string of the molecule is Cc1nn2c(=O)cc(CN(Cc3ccc(F)cc3)C(C)(C)C)nc2s1. The molecule has 0 spiro atoms. The lowest BCUT2D eigenvalue weighted by Gasteiger charge is -2.35. The Morgan fingerprint density at radius 2 is 1.88 bits per heavy atom. The average Bonchev–Trinajstić information content (AvgIpc) is 2.89. The Morgan fingerprint density at radius 1 is 1.20 bits per heavy atom. The summed E-state index contributed by atoms with van der Waals surface area (Å²) in [4.78, 5) is 19.7. The van der Waals surface area contributed by atoms with Crippen LogP contribution in [0.15, 0.2) is 35.1 Å². The summed E-state index contributed by atoms with van der Waals surface area (Å²) in [6.07, 6.45) is 0. The van der Waals surface area contributed by atoms with E-state index in [1.165, 1.54) is 34.1 Å². The average molecular weight is 360 g/mol. The number of fused-ring (bicyclic) bond motifs is 1. The molecule has 0 saturated carbocycles. The molecule has 5 nitrogen and oxygen atoms in total. The summed E-state index contributed by atoms with van der Waals surface area (Å²) in [7, 11) is 0. The van der Waals surface area contributed by atoms with Crippen LogP contribution in [-0.4, -0.2) is 25.0 Å². The van der Waals surface area contributed by atoms with Crippen LogP contribution in [0.25, 0.3) is 4.96 Å². The smallest absolute Gasteiger partial charge is 0.275 e. The first kappa shape index (κ1) is 17.7. The fourth-order valence-electron chi connectivity index (χ4n) is 2.57. The third-order valence-corrected chi connectivity index (χ3v) is 4.81. The molecule has 0 radical (unpaired) electrons. The molecule has 0 bridgehead atoms. The Morgan fingerprint density at radius 3 is 2.52 bits per heavy atom. The quantitative estimate of drug-likeness (QED) is 0.716. The van der Waals surface area contributed by atoms with Gasteiger partial charge in [0.25, 0.3) is 5.56 Å². The number of benzene rings is 1. The van der Waals surface area contributed by atoms with E-state index in [0.29, 0.717) is 23.7 Å². The zero-order chi connectivity index (χ0) is 18.2. The molecule has 0 atom stereocenters. The zero-order valence-corrected chi connectivity index (χ0v) is 15.6. The maximum atomic E-state index is 13.1. The molecule has 0 amide bonds. The van der Waals surface area contributed by atoms with Gasteiger partial charge in [0.05, 0.1) is 5.69 Å². The van der Waals surface area contributed by atoms with Crippen LogP contribution >= 0.6 is 11.3 Å². The number of rotatable bonds is 4. The van der Waals surface area contributed by atoms with E-state index in [0.717, 1.165) is 10.6 Å². The van der Waals surface area contributed by atoms with Crippen molar-refractivity contribution in [2.24, 2.45) is 0 Å². The van der Waals surface area contributed by atoms with Crippen molar-refractivity contribution in [3.63, 3.8) is 0 Å². The van der Waals surface area contributed by atoms with Crippen molar-refractivity contribution >= 4 is 16.3 Å². The summed E-state index contributed by atoms with van der Waals surface area (Å²) in [6, 6.07) is 8.04. The molecule has 0 fully saturated rings. The maximum absolute atomic E-state index is 13.1. The Bertz CT molecular complexity index is 940. The topological polar surface area (TPSA) is 50.5 Å². The molecule has 0 aliphatic carbocycles. The van der Waals surface area contributed by atoms with Gasteiger partial charge in [-0.25, -0.2) is 9.37 Å². The highest BCUT2D eigenvalue weighted by molar-refractivity contribution is 7.16. The molecule has 2 aromatic heterocycles. The molecule has 3 rings (SSSR count). The van der Waals surface area contributed by atoms with Gasteiger partial charge in [0.15, 0.2) is 0 Å². The molecule has 132 valence electrons. The number of aromatic nitrogens is 3. The predicted octanol–water partition coefficient (Wildman–Crippen LogP) is 3.40. The van der Waals surface area contributed by atoms with E-state index in [1.54, 1.807) is 12.1 Å². The predicted molar refractivity (Wildman–Crippen MR) is 97.3 cm³/mol. The van der Waals surface area contributed by atoms with Crippen LogP contribution in [0.3, 0.4) is 0 Å². The molecule has 0 N–H and O–H groups in total. The Balaban J connectivity index is 1.90. The first-order chi connectivity index (χ1) is 11.7. The van der Waals surface area contributed by atoms with Crippen LogP contribution in [0, 0.1) is 12.7 Å². The summed E-state index contributed by atoms with van der Waals surface area (Å²) in [5, 5.41) is 4.98. The number of halogens is 1. The summed E-state index contributed by atoms with van der Waals surface area (Å²) in [5.74, 6) is -0.244. The molecule has 3 aromatic rings. The van der Waals surface area contributed by atoms with Crippen LogP contribution in [0.2, 0.25) is 0 Å².